The van der Waals surface area contributed by atoms with Gasteiger partial charge in [0.15, 0.2) is 0 Å². The number of piperidine rings is 1. The van der Waals surface area contributed by atoms with Crippen molar-refractivity contribution in [2.24, 2.45) is 0 Å². The molecule has 1 saturated heterocycles. The number of thioether (sulfide) groups is 1. The average Bonchev–Trinajstić information content (AvgIpc) is 2.98. The molecule has 106 valence electrons. The Kier molecular flexibility index (Phi) is 5.73. The van der Waals surface area contributed by atoms with Gasteiger partial charge in [-0.05, 0) is 44.3 Å². The van der Waals surface area contributed by atoms with E-state index in [2.05, 4.69) is 23.7 Å². The van der Waals surface area contributed by atoms with Gasteiger partial charge in [0.25, 0.3) is 0 Å². The second-order valence-corrected chi connectivity index (χ2v) is 7.22. The van der Waals surface area contributed by atoms with Crippen molar-refractivity contribution in [2.75, 3.05) is 25.9 Å². The summed E-state index contributed by atoms with van der Waals surface area (Å²) >= 11 is 3.53. The van der Waals surface area contributed by atoms with Gasteiger partial charge in [0, 0.05) is 17.2 Å². The molecule has 1 N–H and O–H groups in total. The maximum absolute atomic E-state index is 12.2. The van der Waals surface area contributed by atoms with Crippen LogP contribution in [-0.2, 0) is 4.79 Å². The standard InChI is InChI=1S/C14H22N2OS2/c1-11(13-4-3-9-18-13)16(2)14(17)10-19-12-5-7-15-8-6-12/h3-4,9,11-12,15H,5-8,10H2,1-2H3. The predicted octanol–water partition coefficient (Wildman–Crippen LogP) is 2.75. The van der Waals surface area contributed by atoms with E-state index in [-0.39, 0.29) is 11.9 Å². The molecular formula is C14H22N2OS2. The van der Waals surface area contributed by atoms with Crippen LogP contribution in [0.1, 0.15) is 30.7 Å². The van der Waals surface area contributed by atoms with Gasteiger partial charge >= 0.3 is 0 Å². The molecule has 1 fully saturated rings. The quantitative estimate of drug-likeness (QED) is 0.907. The van der Waals surface area contributed by atoms with E-state index in [1.165, 1.54) is 17.7 Å². The van der Waals surface area contributed by atoms with Gasteiger partial charge in [-0.15, -0.1) is 23.1 Å². The number of rotatable bonds is 5. The monoisotopic (exact) mass is 298 g/mol. The van der Waals surface area contributed by atoms with Crippen LogP contribution in [0.25, 0.3) is 0 Å². The van der Waals surface area contributed by atoms with E-state index < -0.39 is 0 Å². The summed E-state index contributed by atoms with van der Waals surface area (Å²) in [5.41, 5.74) is 0. The number of carbonyl (C=O) groups excluding carboxylic acids is 1. The highest BCUT2D eigenvalue weighted by Gasteiger charge is 2.20. The summed E-state index contributed by atoms with van der Waals surface area (Å²) in [5.74, 6) is 0.848. The third kappa shape index (κ3) is 4.23. The molecule has 0 saturated carbocycles. The third-order valence-electron chi connectivity index (χ3n) is 3.66. The van der Waals surface area contributed by atoms with Gasteiger partial charge in [-0.3, -0.25) is 4.79 Å². The van der Waals surface area contributed by atoms with E-state index in [1.54, 1.807) is 11.3 Å². The van der Waals surface area contributed by atoms with Crippen LogP contribution in [0.5, 0.6) is 0 Å². The van der Waals surface area contributed by atoms with E-state index in [0.717, 1.165) is 13.1 Å². The summed E-state index contributed by atoms with van der Waals surface area (Å²) in [4.78, 5) is 15.3. The average molecular weight is 298 g/mol. The Labute approximate surface area is 123 Å². The maximum Gasteiger partial charge on any atom is 0.232 e. The summed E-state index contributed by atoms with van der Waals surface area (Å²) in [6.07, 6.45) is 2.37. The van der Waals surface area contributed by atoms with Crippen LogP contribution in [0.2, 0.25) is 0 Å². The molecule has 1 aromatic heterocycles. The van der Waals surface area contributed by atoms with Gasteiger partial charge in [-0.2, -0.15) is 0 Å². The van der Waals surface area contributed by atoms with Gasteiger partial charge in [0.1, 0.15) is 0 Å². The maximum atomic E-state index is 12.2. The van der Waals surface area contributed by atoms with Crippen molar-refractivity contribution < 1.29 is 4.79 Å². The molecule has 0 spiro atoms. The number of carbonyl (C=O) groups is 1. The minimum Gasteiger partial charge on any atom is -0.337 e. The molecule has 0 aliphatic carbocycles. The van der Waals surface area contributed by atoms with Gasteiger partial charge < -0.3 is 10.2 Å². The number of nitrogens with zero attached hydrogens (tertiary/aromatic N) is 1. The smallest absolute Gasteiger partial charge is 0.232 e. The SMILES string of the molecule is CC(c1cccs1)N(C)C(=O)CSC1CCNCC1. The molecule has 0 radical (unpaired) electrons. The summed E-state index contributed by atoms with van der Waals surface area (Å²) in [6, 6.07) is 4.32. The van der Waals surface area contributed by atoms with Crippen LogP contribution in [0.4, 0.5) is 0 Å². The van der Waals surface area contributed by atoms with Crippen molar-refractivity contribution in [3.63, 3.8) is 0 Å². The lowest BCUT2D eigenvalue weighted by molar-refractivity contribution is -0.128. The highest BCUT2D eigenvalue weighted by atomic mass is 32.2. The zero-order valence-corrected chi connectivity index (χ0v) is 13.2. The van der Waals surface area contributed by atoms with E-state index >= 15 is 0 Å². The number of amides is 1. The third-order valence-corrected chi connectivity index (χ3v) is 6.06. The van der Waals surface area contributed by atoms with Crippen LogP contribution >= 0.6 is 23.1 Å². The molecule has 19 heavy (non-hydrogen) atoms. The number of hydrogen-bond donors (Lipinski definition) is 1. The van der Waals surface area contributed by atoms with Crippen molar-refractivity contribution in [3.8, 4) is 0 Å². The minimum absolute atomic E-state index is 0.182. The van der Waals surface area contributed by atoms with E-state index in [4.69, 9.17) is 0 Å². The zero-order valence-electron chi connectivity index (χ0n) is 11.6. The molecule has 0 bridgehead atoms. The van der Waals surface area contributed by atoms with Gasteiger partial charge in [-0.1, -0.05) is 6.07 Å². The lowest BCUT2D eigenvalue weighted by atomic mass is 10.2. The molecule has 1 atom stereocenters. The first kappa shape index (κ1) is 14.9. The number of thiophene rings is 1. The highest BCUT2D eigenvalue weighted by molar-refractivity contribution is 8.00. The van der Waals surface area contributed by atoms with Crippen molar-refractivity contribution in [2.45, 2.75) is 31.1 Å². The zero-order chi connectivity index (χ0) is 13.7. The van der Waals surface area contributed by atoms with Crippen LogP contribution < -0.4 is 5.32 Å². The molecule has 1 amide bonds. The van der Waals surface area contributed by atoms with Crippen LogP contribution in [0.3, 0.4) is 0 Å². The second kappa shape index (κ2) is 7.31. The van der Waals surface area contributed by atoms with Gasteiger partial charge in [0.05, 0.1) is 11.8 Å². The Morgan fingerprint density at radius 3 is 2.95 bits per heavy atom. The summed E-state index contributed by atoms with van der Waals surface area (Å²) in [6.45, 7) is 4.28. The molecule has 1 unspecified atom stereocenters. The Balaban J connectivity index is 1.78. The first-order valence-electron chi connectivity index (χ1n) is 6.80. The van der Waals surface area contributed by atoms with Crippen LogP contribution in [0.15, 0.2) is 17.5 Å². The number of hydrogen-bond acceptors (Lipinski definition) is 4. The molecule has 2 heterocycles. The normalized spacial score (nSPS) is 18.2. The van der Waals surface area contributed by atoms with Crippen LogP contribution in [-0.4, -0.2) is 41.9 Å². The minimum atomic E-state index is 0.182. The fourth-order valence-corrected chi connectivity index (χ4v) is 4.17. The van der Waals surface area contributed by atoms with E-state index in [0.29, 0.717) is 11.0 Å². The Bertz CT molecular complexity index is 388. The molecule has 1 aliphatic rings. The first-order valence-corrected chi connectivity index (χ1v) is 8.72. The first-order chi connectivity index (χ1) is 9.18. The van der Waals surface area contributed by atoms with Crippen molar-refractivity contribution in [3.05, 3.63) is 22.4 Å². The summed E-state index contributed by atoms with van der Waals surface area (Å²) < 4.78 is 0. The van der Waals surface area contributed by atoms with Gasteiger partial charge in [0.2, 0.25) is 5.91 Å². The topological polar surface area (TPSA) is 32.3 Å². The largest absolute Gasteiger partial charge is 0.337 e. The highest BCUT2D eigenvalue weighted by Crippen LogP contribution is 2.25. The predicted molar refractivity (Wildman–Crippen MR) is 83.9 cm³/mol. The van der Waals surface area contributed by atoms with E-state index in [1.807, 2.05) is 29.8 Å². The van der Waals surface area contributed by atoms with Crippen molar-refractivity contribution >= 4 is 29.0 Å². The van der Waals surface area contributed by atoms with Crippen molar-refractivity contribution in [1.82, 2.24) is 10.2 Å². The molecule has 0 aromatic carbocycles. The molecule has 1 aromatic rings. The summed E-state index contributed by atoms with van der Waals surface area (Å²) in [7, 11) is 1.91. The van der Waals surface area contributed by atoms with Crippen LogP contribution in [0, 0.1) is 0 Å². The molecule has 1 aliphatic heterocycles. The lowest BCUT2D eigenvalue weighted by Gasteiger charge is -2.26. The Morgan fingerprint density at radius 1 is 1.58 bits per heavy atom. The fourth-order valence-electron chi connectivity index (χ4n) is 2.19. The van der Waals surface area contributed by atoms with Crippen molar-refractivity contribution in [1.29, 1.82) is 0 Å². The molecule has 5 heteroatoms. The Hall–Kier alpha value is -0.520. The summed E-state index contributed by atoms with van der Waals surface area (Å²) in [5, 5.41) is 6.07. The molecule has 2 rings (SSSR count). The Morgan fingerprint density at radius 2 is 2.32 bits per heavy atom. The number of nitrogens with one attached hydrogen (secondary N) is 1. The van der Waals surface area contributed by atoms with Gasteiger partial charge in [-0.25, -0.2) is 0 Å². The lowest BCUT2D eigenvalue weighted by Crippen LogP contribution is -2.33. The fraction of sp³-hybridized carbons (Fsp3) is 0.643. The second-order valence-electron chi connectivity index (χ2n) is 4.96. The molecular weight excluding hydrogens is 276 g/mol. The molecule has 3 nitrogen and oxygen atoms in total. The van der Waals surface area contributed by atoms with E-state index in [9.17, 15) is 4.79 Å².